The molecule has 0 saturated heterocycles. The molecule has 1 aliphatic heterocycles. The van der Waals surface area contributed by atoms with Gasteiger partial charge in [-0.05, 0) is 84.5 Å². The molecule has 164 valence electrons. The van der Waals surface area contributed by atoms with Gasteiger partial charge in [0.05, 0.1) is 11.0 Å². The number of fused-ring (bicyclic) bond motifs is 1. The summed E-state index contributed by atoms with van der Waals surface area (Å²) in [5.74, 6) is -0.652. The number of amides is 1. The molecule has 5 rings (SSSR count). The lowest BCUT2D eigenvalue weighted by Gasteiger charge is -2.17. The zero-order chi connectivity index (χ0) is 22.5. The summed E-state index contributed by atoms with van der Waals surface area (Å²) in [5.41, 5.74) is 2.61. The number of aromatic carboxylic acids is 1. The van der Waals surface area contributed by atoms with Gasteiger partial charge in [0.25, 0.3) is 0 Å². The summed E-state index contributed by atoms with van der Waals surface area (Å²) < 4.78 is 24.8. The Morgan fingerprint density at radius 2 is 1.81 bits per heavy atom. The third kappa shape index (κ3) is 3.45. The van der Waals surface area contributed by atoms with Crippen LogP contribution in [0.1, 0.15) is 35.8 Å². The summed E-state index contributed by atoms with van der Waals surface area (Å²) in [7, 11) is 0. The first-order valence-corrected chi connectivity index (χ1v) is 10.2. The highest BCUT2D eigenvalue weighted by atomic mass is 19.1. The minimum absolute atomic E-state index is 0. The molecule has 0 spiro atoms. The number of rotatable bonds is 5. The van der Waals surface area contributed by atoms with Gasteiger partial charge in [0.2, 0.25) is 12.7 Å². The summed E-state index contributed by atoms with van der Waals surface area (Å²) in [5, 5.41) is 12.2. The van der Waals surface area contributed by atoms with Crippen LogP contribution in [-0.2, 0) is 10.2 Å². The number of carbonyl (C=O) groups is 2. The van der Waals surface area contributed by atoms with Crippen molar-refractivity contribution in [2.45, 2.75) is 25.2 Å². The van der Waals surface area contributed by atoms with Crippen LogP contribution < -0.4 is 14.8 Å². The van der Waals surface area contributed by atoms with Crippen molar-refractivity contribution >= 4 is 17.6 Å². The van der Waals surface area contributed by atoms with E-state index in [-0.39, 0.29) is 19.7 Å². The largest absolute Gasteiger partial charge is 0.478 e. The zero-order valence-corrected chi connectivity index (χ0v) is 17.3. The van der Waals surface area contributed by atoms with E-state index in [1.807, 2.05) is 31.2 Å². The maximum Gasteiger partial charge on any atom is 0.335 e. The lowest BCUT2D eigenvalue weighted by molar-refractivity contribution is -0.118. The number of carboxylic acid groups (broad SMARTS) is 1. The molecule has 2 aliphatic rings. The number of benzene rings is 3. The van der Waals surface area contributed by atoms with Crippen LogP contribution >= 0.6 is 0 Å². The van der Waals surface area contributed by atoms with E-state index in [1.54, 1.807) is 12.1 Å². The van der Waals surface area contributed by atoms with Crippen molar-refractivity contribution in [1.29, 1.82) is 0 Å². The second-order valence-corrected chi connectivity index (χ2v) is 8.17. The second kappa shape index (κ2) is 7.37. The van der Waals surface area contributed by atoms with Crippen molar-refractivity contribution in [3.05, 3.63) is 77.1 Å². The molecule has 32 heavy (non-hydrogen) atoms. The standard InChI is InChI=1S/C25H20FNO5.H2/c1-14-2-4-19(12-20(14)15-8-16(23(28)29)10-18(26)9-15)27-24(30)25(6-7-25)17-3-5-21-22(11-17)32-13-31-21;/h2-5,8-12H,6-7,13H2,1H3,(H,27,30)(H,28,29);1H. The highest BCUT2D eigenvalue weighted by molar-refractivity contribution is 6.02. The minimum Gasteiger partial charge on any atom is -0.478 e. The first kappa shape index (κ1) is 20.1. The average molecular weight is 435 g/mol. The normalized spacial score (nSPS) is 15.3. The van der Waals surface area contributed by atoms with E-state index in [0.29, 0.717) is 28.3 Å². The molecule has 7 heteroatoms. The van der Waals surface area contributed by atoms with Gasteiger partial charge in [0.15, 0.2) is 11.5 Å². The Bertz CT molecular complexity index is 1270. The van der Waals surface area contributed by atoms with Gasteiger partial charge in [0, 0.05) is 7.11 Å². The van der Waals surface area contributed by atoms with Crippen LogP contribution in [0.4, 0.5) is 10.1 Å². The van der Waals surface area contributed by atoms with Gasteiger partial charge in [-0.25, -0.2) is 9.18 Å². The van der Waals surface area contributed by atoms with Gasteiger partial charge in [-0.3, -0.25) is 4.79 Å². The fourth-order valence-corrected chi connectivity index (χ4v) is 4.10. The Hall–Kier alpha value is -3.87. The quantitative estimate of drug-likeness (QED) is 0.579. The Kier molecular flexibility index (Phi) is 4.62. The Balaban J connectivity index is 0.00000259. The van der Waals surface area contributed by atoms with Gasteiger partial charge in [0.1, 0.15) is 5.82 Å². The number of anilines is 1. The summed E-state index contributed by atoms with van der Waals surface area (Å²) >= 11 is 0. The molecule has 1 aliphatic carbocycles. The third-order valence-electron chi connectivity index (χ3n) is 6.06. The van der Waals surface area contributed by atoms with Gasteiger partial charge in [-0.1, -0.05) is 12.1 Å². The summed E-state index contributed by atoms with van der Waals surface area (Å²) in [6.07, 6.45) is 1.45. The van der Waals surface area contributed by atoms with Crippen molar-refractivity contribution in [2.24, 2.45) is 0 Å². The zero-order valence-electron chi connectivity index (χ0n) is 17.3. The molecule has 6 nitrogen and oxygen atoms in total. The molecule has 1 saturated carbocycles. The molecule has 3 aromatic rings. The van der Waals surface area contributed by atoms with Crippen LogP contribution in [0.25, 0.3) is 11.1 Å². The fraction of sp³-hybridized carbons (Fsp3) is 0.200. The first-order valence-electron chi connectivity index (χ1n) is 10.2. The van der Waals surface area contributed by atoms with Crippen LogP contribution in [0.15, 0.2) is 54.6 Å². The number of hydrogen-bond donors (Lipinski definition) is 2. The SMILES string of the molecule is Cc1ccc(NC(=O)C2(c3ccc4c(c3)OCO4)CC2)cc1-c1cc(F)cc(C(=O)O)c1.[HH]. The Morgan fingerprint density at radius 3 is 2.56 bits per heavy atom. The topological polar surface area (TPSA) is 84.9 Å². The van der Waals surface area contributed by atoms with Gasteiger partial charge in [-0.15, -0.1) is 0 Å². The molecule has 0 aromatic heterocycles. The van der Waals surface area contributed by atoms with Crippen molar-refractivity contribution in [3.8, 4) is 22.6 Å². The van der Waals surface area contributed by atoms with Gasteiger partial charge < -0.3 is 19.9 Å². The highest BCUT2D eigenvalue weighted by Crippen LogP contribution is 2.51. The number of ether oxygens (including phenoxy) is 2. The maximum atomic E-state index is 14.0. The molecule has 1 amide bonds. The Morgan fingerprint density at radius 1 is 1.03 bits per heavy atom. The fourth-order valence-electron chi connectivity index (χ4n) is 4.10. The molecular weight excluding hydrogens is 413 g/mol. The van der Waals surface area contributed by atoms with E-state index in [2.05, 4.69) is 5.32 Å². The maximum absolute atomic E-state index is 14.0. The molecule has 2 N–H and O–H groups in total. The lowest BCUT2D eigenvalue weighted by atomic mass is 9.94. The summed E-state index contributed by atoms with van der Waals surface area (Å²) in [6, 6.07) is 14.6. The van der Waals surface area contributed by atoms with Crippen LogP contribution in [-0.4, -0.2) is 23.8 Å². The summed E-state index contributed by atoms with van der Waals surface area (Å²) in [6.45, 7) is 2.02. The van der Waals surface area contributed by atoms with E-state index in [4.69, 9.17) is 9.47 Å². The van der Waals surface area contributed by atoms with Gasteiger partial charge in [-0.2, -0.15) is 0 Å². The van der Waals surface area contributed by atoms with E-state index in [0.717, 1.165) is 30.0 Å². The molecule has 1 fully saturated rings. The third-order valence-corrected chi connectivity index (χ3v) is 6.06. The van der Waals surface area contributed by atoms with Crippen LogP contribution in [0.5, 0.6) is 11.5 Å². The minimum atomic E-state index is -1.20. The predicted molar refractivity (Wildman–Crippen MR) is 118 cm³/mol. The summed E-state index contributed by atoms with van der Waals surface area (Å²) in [4.78, 5) is 24.5. The molecule has 3 aromatic carbocycles. The van der Waals surface area contributed by atoms with Gasteiger partial charge >= 0.3 is 5.97 Å². The first-order chi connectivity index (χ1) is 15.4. The molecule has 0 bridgehead atoms. The van der Waals surface area contributed by atoms with Crippen molar-refractivity contribution in [1.82, 2.24) is 0 Å². The van der Waals surface area contributed by atoms with E-state index >= 15 is 0 Å². The van der Waals surface area contributed by atoms with E-state index < -0.39 is 17.2 Å². The number of nitrogens with one attached hydrogen (secondary N) is 1. The van der Waals surface area contributed by atoms with Crippen LogP contribution in [0.2, 0.25) is 0 Å². The predicted octanol–water partition coefficient (Wildman–Crippen LogP) is 5.14. The monoisotopic (exact) mass is 435 g/mol. The van der Waals surface area contributed by atoms with E-state index in [1.165, 1.54) is 12.1 Å². The van der Waals surface area contributed by atoms with Crippen LogP contribution in [0, 0.1) is 12.7 Å². The second-order valence-electron chi connectivity index (χ2n) is 8.17. The van der Waals surface area contributed by atoms with Crippen molar-refractivity contribution in [2.75, 3.05) is 12.1 Å². The van der Waals surface area contributed by atoms with E-state index in [9.17, 15) is 19.1 Å². The highest BCUT2D eigenvalue weighted by Gasteiger charge is 2.51. The molecule has 0 radical (unpaired) electrons. The van der Waals surface area contributed by atoms with Crippen LogP contribution in [0.3, 0.4) is 0 Å². The van der Waals surface area contributed by atoms with Crippen molar-refractivity contribution in [3.63, 3.8) is 0 Å². The lowest BCUT2D eigenvalue weighted by Crippen LogP contribution is -2.27. The number of hydrogen-bond acceptors (Lipinski definition) is 4. The molecular formula is C25H22FNO5. The average Bonchev–Trinajstić information content (AvgIpc) is 3.45. The number of halogens is 1. The molecule has 0 atom stereocenters. The number of aryl methyl sites for hydroxylation is 1. The number of carboxylic acids is 1. The Labute approximate surface area is 185 Å². The smallest absolute Gasteiger partial charge is 0.335 e. The number of carbonyl (C=O) groups excluding carboxylic acids is 1. The molecule has 1 heterocycles. The molecule has 0 unspecified atom stereocenters. The van der Waals surface area contributed by atoms with Crippen molar-refractivity contribution < 1.29 is 30.0 Å².